The van der Waals surface area contributed by atoms with Gasteiger partial charge in [0.15, 0.2) is 0 Å². The van der Waals surface area contributed by atoms with Crippen molar-refractivity contribution in [3.8, 4) is 0 Å². The Labute approximate surface area is 120 Å². The Morgan fingerprint density at radius 3 is 2.20 bits per heavy atom. The fourth-order valence-electron chi connectivity index (χ4n) is 5.21. The van der Waals surface area contributed by atoms with Crippen molar-refractivity contribution in [2.75, 3.05) is 26.4 Å². The molecule has 5 unspecified atom stereocenters. The molecule has 4 saturated carbocycles. The van der Waals surface area contributed by atoms with E-state index < -0.39 is 0 Å². The molecule has 2 saturated heterocycles. The van der Waals surface area contributed by atoms with Crippen LogP contribution in [0, 0.1) is 17.8 Å². The van der Waals surface area contributed by atoms with Crippen LogP contribution in [0.5, 0.6) is 0 Å². The van der Waals surface area contributed by atoms with Gasteiger partial charge in [-0.15, -0.1) is 0 Å². The molecule has 0 aromatic rings. The molecule has 0 aromatic carbocycles. The second kappa shape index (κ2) is 4.42. The standard InChI is InChI=1S/C16H24O4/c1-10-2-12-3-11(1)5-16(4-10,20-9-14-7-18-14)15(12)19-8-13-6-17-13/h10-15H,1-9H2. The molecule has 0 spiro atoms. The monoisotopic (exact) mass is 280 g/mol. The fourth-order valence-corrected chi connectivity index (χ4v) is 5.21. The summed E-state index contributed by atoms with van der Waals surface area (Å²) in [5.41, 5.74) is -0.00438. The summed E-state index contributed by atoms with van der Waals surface area (Å²) < 4.78 is 23.4. The molecular weight excluding hydrogens is 256 g/mol. The third-order valence-electron chi connectivity index (χ3n) is 5.98. The Morgan fingerprint density at radius 1 is 0.900 bits per heavy atom. The van der Waals surface area contributed by atoms with Gasteiger partial charge in [0.05, 0.1) is 38.1 Å². The van der Waals surface area contributed by atoms with Gasteiger partial charge >= 0.3 is 0 Å². The van der Waals surface area contributed by atoms with Gasteiger partial charge in [-0.2, -0.15) is 0 Å². The summed E-state index contributed by atoms with van der Waals surface area (Å²) in [5.74, 6) is 2.48. The largest absolute Gasteiger partial charge is 0.372 e. The maximum Gasteiger partial charge on any atom is 0.104 e. The third-order valence-corrected chi connectivity index (χ3v) is 5.98. The van der Waals surface area contributed by atoms with Crippen LogP contribution in [-0.4, -0.2) is 50.3 Å². The van der Waals surface area contributed by atoms with Gasteiger partial charge in [-0.3, -0.25) is 0 Å². The summed E-state index contributed by atoms with van der Waals surface area (Å²) in [5, 5.41) is 0. The zero-order valence-electron chi connectivity index (χ0n) is 12.0. The van der Waals surface area contributed by atoms with Crippen LogP contribution in [0.2, 0.25) is 0 Å². The predicted molar refractivity (Wildman–Crippen MR) is 71.5 cm³/mol. The van der Waals surface area contributed by atoms with Crippen molar-refractivity contribution in [2.45, 2.75) is 56.0 Å². The first-order chi connectivity index (χ1) is 9.81. The minimum atomic E-state index is -0.00438. The molecule has 0 N–H and O–H groups in total. The number of hydrogen-bond donors (Lipinski definition) is 0. The van der Waals surface area contributed by atoms with Crippen LogP contribution in [0.25, 0.3) is 0 Å². The second-order valence-electron chi connectivity index (χ2n) is 7.65. The molecule has 2 aliphatic heterocycles. The summed E-state index contributed by atoms with van der Waals surface area (Å²) in [6.07, 6.45) is 7.59. The molecule has 112 valence electrons. The molecule has 5 atom stereocenters. The van der Waals surface area contributed by atoms with Gasteiger partial charge in [0.2, 0.25) is 0 Å². The van der Waals surface area contributed by atoms with Crippen LogP contribution in [0.3, 0.4) is 0 Å². The molecule has 6 fully saturated rings. The van der Waals surface area contributed by atoms with E-state index in [4.69, 9.17) is 18.9 Å². The molecule has 6 aliphatic rings. The molecular formula is C16H24O4. The summed E-state index contributed by atoms with van der Waals surface area (Å²) in [6.45, 7) is 3.30. The van der Waals surface area contributed by atoms with Crippen molar-refractivity contribution < 1.29 is 18.9 Å². The highest BCUT2D eigenvalue weighted by atomic mass is 16.6. The van der Waals surface area contributed by atoms with Crippen molar-refractivity contribution >= 4 is 0 Å². The Balaban J connectivity index is 1.34. The topological polar surface area (TPSA) is 43.5 Å². The normalized spacial score (nSPS) is 55.2. The van der Waals surface area contributed by atoms with Gasteiger partial charge in [-0.1, -0.05) is 0 Å². The fraction of sp³-hybridized carbons (Fsp3) is 1.00. The lowest BCUT2D eigenvalue weighted by Gasteiger charge is -2.60. The molecule has 0 radical (unpaired) electrons. The Hall–Kier alpha value is -0.160. The van der Waals surface area contributed by atoms with E-state index >= 15 is 0 Å². The highest BCUT2D eigenvalue weighted by Crippen LogP contribution is 2.58. The Kier molecular flexibility index (Phi) is 2.74. The number of epoxide rings is 2. The number of rotatable bonds is 6. The average molecular weight is 280 g/mol. The van der Waals surface area contributed by atoms with Crippen LogP contribution >= 0.6 is 0 Å². The molecule has 6 rings (SSSR count). The molecule has 2 heterocycles. The van der Waals surface area contributed by atoms with E-state index in [2.05, 4.69) is 0 Å². The van der Waals surface area contributed by atoms with Crippen molar-refractivity contribution in [1.29, 1.82) is 0 Å². The first-order valence-electron chi connectivity index (χ1n) is 8.29. The van der Waals surface area contributed by atoms with Crippen LogP contribution in [0.4, 0.5) is 0 Å². The third kappa shape index (κ3) is 2.12. The lowest BCUT2D eigenvalue weighted by molar-refractivity contribution is -0.246. The molecule has 4 aliphatic carbocycles. The number of hydrogen-bond acceptors (Lipinski definition) is 4. The van der Waals surface area contributed by atoms with E-state index in [0.29, 0.717) is 18.3 Å². The minimum Gasteiger partial charge on any atom is -0.372 e. The predicted octanol–water partition coefficient (Wildman–Crippen LogP) is 1.76. The van der Waals surface area contributed by atoms with Crippen molar-refractivity contribution in [3.63, 3.8) is 0 Å². The SMILES string of the molecule is C1C2CC3CC1CC(OCC1CO1)(C2)C3OCC1CO1. The lowest BCUT2D eigenvalue weighted by atomic mass is 9.52. The van der Waals surface area contributed by atoms with E-state index in [9.17, 15) is 0 Å². The summed E-state index contributed by atoms with van der Waals surface area (Å²) >= 11 is 0. The summed E-state index contributed by atoms with van der Waals surface area (Å²) in [7, 11) is 0. The highest BCUT2D eigenvalue weighted by Gasteiger charge is 2.59. The van der Waals surface area contributed by atoms with Gasteiger partial charge in [0.1, 0.15) is 12.2 Å². The molecule has 4 heteroatoms. The molecule has 4 nitrogen and oxygen atoms in total. The maximum absolute atomic E-state index is 6.44. The highest BCUT2D eigenvalue weighted by molar-refractivity contribution is 5.09. The van der Waals surface area contributed by atoms with E-state index in [1.54, 1.807) is 0 Å². The summed E-state index contributed by atoms with van der Waals surface area (Å²) in [6, 6.07) is 0. The quantitative estimate of drug-likeness (QED) is 0.695. The Morgan fingerprint density at radius 2 is 1.55 bits per heavy atom. The zero-order chi connectivity index (χ0) is 13.2. The molecule has 0 amide bonds. The second-order valence-corrected chi connectivity index (χ2v) is 7.65. The first kappa shape index (κ1) is 12.4. The summed E-state index contributed by atoms with van der Waals surface area (Å²) in [4.78, 5) is 0. The average Bonchev–Trinajstić information content (AvgIpc) is 3.30. The van der Waals surface area contributed by atoms with E-state index in [1.165, 1.54) is 32.1 Å². The van der Waals surface area contributed by atoms with Crippen molar-refractivity contribution in [2.24, 2.45) is 17.8 Å². The number of ether oxygens (including phenoxy) is 4. The van der Waals surface area contributed by atoms with Crippen LogP contribution in [0.15, 0.2) is 0 Å². The lowest BCUT2D eigenvalue weighted by Crippen LogP contribution is -2.63. The van der Waals surface area contributed by atoms with E-state index in [-0.39, 0.29) is 5.60 Å². The smallest absolute Gasteiger partial charge is 0.104 e. The van der Waals surface area contributed by atoms with Crippen molar-refractivity contribution in [3.05, 3.63) is 0 Å². The van der Waals surface area contributed by atoms with Gasteiger partial charge in [-0.05, 0) is 49.9 Å². The molecule has 4 bridgehead atoms. The van der Waals surface area contributed by atoms with Crippen LogP contribution < -0.4 is 0 Å². The maximum atomic E-state index is 6.44. The minimum absolute atomic E-state index is 0.00438. The zero-order valence-corrected chi connectivity index (χ0v) is 12.0. The first-order valence-corrected chi connectivity index (χ1v) is 8.29. The van der Waals surface area contributed by atoms with Crippen LogP contribution in [0.1, 0.15) is 32.1 Å². The Bertz CT molecular complexity index is 376. The van der Waals surface area contributed by atoms with E-state index in [1.807, 2.05) is 0 Å². The van der Waals surface area contributed by atoms with Crippen molar-refractivity contribution in [1.82, 2.24) is 0 Å². The van der Waals surface area contributed by atoms with E-state index in [0.717, 1.165) is 44.2 Å². The van der Waals surface area contributed by atoms with Gasteiger partial charge in [0.25, 0.3) is 0 Å². The van der Waals surface area contributed by atoms with Gasteiger partial charge in [0, 0.05) is 0 Å². The molecule has 20 heavy (non-hydrogen) atoms. The molecule has 0 aromatic heterocycles. The van der Waals surface area contributed by atoms with Crippen LogP contribution in [-0.2, 0) is 18.9 Å². The van der Waals surface area contributed by atoms with Gasteiger partial charge < -0.3 is 18.9 Å². The van der Waals surface area contributed by atoms with Gasteiger partial charge in [-0.25, -0.2) is 0 Å².